The molecule has 0 saturated carbocycles. The van der Waals surface area contributed by atoms with Crippen LogP contribution >= 0.6 is 11.6 Å². The fourth-order valence-electron chi connectivity index (χ4n) is 3.80. The molecule has 0 unspecified atom stereocenters. The van der Waals surface area contributed by atoms with Gasteiger partial charge in [0, 0.05) is 50.7 Å². The van der Waals surface area contributed by atoms with Crippen molar-refractivity contribution in [3.8, 4) is 11.1 Å². The SMILES string of the molecule is Fc1cncc(Cl)c1-c1ccc2nc(Nc3cc(CN4CCNCC4)ccn3)[nH]c2c1. The monoisotopic (exact) mass is 437 g/mol. The summed E-state index contributed by atoms with van der Waals surface area (Å²) in [6.07, 6.45) is 4.39. The number of benzene rings is 1. The Labute approximate surface area is 183 Å². The van der Waals surface area contributed by atoms with Crippen LogP contribution in [-0.2, 0) is 6.54 Å². The van der Waals surface area contributed by atoms with Crippen LogP contribution in [0.15, 0.2) is 48.9 Å². The Hall–Kier alpha value is -3.07. The van der Waals surface area contributed by atoms with E-state index >= 15 is 0 Å². The maximum atomic E-state index is 14.2. The van der Waals surface area contributed by atoms with E-state index < -0.39 is 5.82 Å². The Morgan fingerprint density at radius 1 is 1.13 bits per heavy atom. The maximum Gasteiger partial charge on any atom is 0.206 e. The minimum absolute atomic E-state index is 0.266. The molecule has 0 spiro atoms. The van der Waals surface area contributed by atoms with E-state index in [0.29, 0.717) is 17.1 Å². The van der Waals surface area contributed by atoms with E-state index in [1.165, 1.54) is 11.8 Å². The molecule has 1 aliphatic heterocycles. The number of nitrogens with zero attached hydrogens (tertiary/aromatic N) is 4. The molecule has 0 radical (unpaired) electrons. The first-order valence-corrected chi connectivity index (χ1v) is 10.5. The van der Waals surface area contributed by atoms with E-state index in [0.717, 1.165) is 55.8 Å². The standard InChI is InChI=1S/C22H21ClFN7/c23-16-11-26-12-17(24)21(16)15-1-2-18-19(10-15)29-22(28-18)30-20-9-14(3-4-27-20)13-31-7-5-25-6-8-31/h1-4,9-12,25H,5-8,13H2,(H2,27,28,29,30). The Morgan fingerprint density at radius 3 is 2.84 bits per heavy atom. The first-order chi connectivity index (χ1) is 15.2. The molecule has 4 heterocycles. The number of hydrogen-bond donors (Lipinski definition) is 3. The molecule has 31 heavy (non-hydrogen) atoms. The summed E-state index contributed by atoms with van der Waals surface area (Å²) in [6.45, 7) is 5.01. The van der Waals surface area contributed by atoms with E-state index in [-0.39, 0.29) is 5.02 Å². The van der Waals surface area contributed by atoms with Gasteiger partial charge in [0.15, 0.2) is 5.82 Å². The molecule has 4 aromatic rings. The molecular formula is C22H21ClFN7. The molecule has 3 N–H and O–H groups in total. The van der Waals surface area contributed by atoms with E-state index in [4.69, 9.17) is 11.6 Å². The molecule has 1 saturated heterocycles. The van der Waals surface area contributed by atoms with Crippen molar-refractivity contribution in [3.05, 3.63) is 65.3 Å². The Bertz CT molecular complexity index is 1200. The van der Waals surface area contributed by atoms with Crippen molar-refractivity contribution in [2.24, 2.45) is 0 Å². The van der Waals surface area contributed by atoms with E-state index in [1.54, 1.807) is 12.3 Å². The predicted octanol–water partition coefficient (Wildman–Crippen LogP) is 3.96. The zero-order valence-corrected chi connectivity index (χ0v) is 17.5. The third-order valence-electron chi connectivity index (χ3n) is 5.31. The van der Waals surface area contributed by atoms with E-state index in [9.17, 15) is 4.39 Å². The van der Waals surface area contributed by atoms with Crippen LogP contribution in [-0.4, -0.2) is 51.0 Å². The summed E-state index contributed by atoms with van der Waals surface area (Å²) in [5.74, 6) is 0.825. The summed E-state index contributed by atoms with van der Waals surface area (Å²) < 4.78 is 14.2. The van der Waals surface area contributed by atoms with Crippen molar-refractivity contribution in [1.29, 1.82) is 0 Å². The summed E-state index contributed by atoms with van der Waals surface area (Å²) >= 11 is 6.16. The summed E-state index contributed by atoms with van der Waals surface area (Å²) in [7, 11) is 0. The molecular weight excluding hydrogens is 417 g/mol. The smallest absolute Gasteiger partial charge is 0.206 e. The summed E-state index contributed by atoms with van der Waals surface area (Å²) in [6, 6.07) is 9.52. The lowest BCUT2D eigenvalue weighted by Crippen LogP contribution is -2.42. The van der Waals surface area contributed by atoms with Crippen molar-refractivity contribution in [2.75, 3.05) is 31.5 Å². The second kappa shape index (κ2) is 8.58. The van der Waals surface area contributed by atoms with E-state index in [2.05, 4.69) is 35.5 Å². The fourth-order valence-corrected chi connectivity index (χ4v) is 4.06. The van der Waals surface area contributed by atoms with Gasteiger partial charge in [0.1, 0.15) is 5.82 Å². The fraction of sp³-hybridized carbons (Fsp3) is 0.227. The molecule has 0 amide bonds. The molecule has 0 aliphatic carbocycles. The number of aromatic nitrogens is 4. The average Bonchev–Trinajstić information content (AvgIpc) is 3.16. The van der Waals surface area contributed by atoms with Gasteiger partial charge in [-0.3, -0.25) is 9.88 Å². The third kappa shape index (κ3) is 4.36. The normalized spacial score (nSPS) is 14.8. The van der Waals surface area contributed by atoms with Crippen LogP contribution in [0.1, 0.15) is 5.56 Å². The maximum absolute atomic E-state index is 14.2. The number of nitrogens with one attached hydrogen (secondary N) is 3. The van der Waals surface area contributed by atoms with Crippen molar-refractivity contribution >= 4 is 34.4 Å². The highest BCUT2D eigenvalue weighted by Crippen LogP contribution is 2.31. The Balaban J connectivity index is 1.37. The number of fused-ring (bicyclic) bond motifs is 1. The van der Waals surface area contributed by atoms with Crippen LogP contribution in [0.25, 0.3) is 22.2 Å². The van der Waals surface area contributed by atoms with Gasteiger partial charge in [0.2, 0.25) is 5.95 Å². The van der Waals surface area contributed by atoms with Gasteiger partial charge in [-0.2, -0.15) is 0 Å². The predicted molar refractivity (Wildman–Crippen MR) is 120 cm³/mol. The van der Waals surface area contributed by atoms with Gasteiger partial charge in [-0.05, 0) is 35.4 Å². The molecule has 1 aromatic carbocycles. The molecule has 7 nitrogen and oxygen atoms in total. The van der Waals surface area contributed by atoms with Gasteiger partial charge in [-0.15, -0.1) is 0 Å². The van der Waals surface area contributed by atoms with Crippen LogP contribution in [0, 0.1) is 5.82 Å². The van der Waals surface area contributed by atoms with Crippen LogP contribution in [0.4, 0.5) is 16.2 Å². The molecule has 5 rings (SSSR count). The molecule has 0 atom stereocenters. The second-order valence-electron chi connectivity index (χ2n) is 7.50. The summed E-state index contributed by atoms with van der Waals surface area (Å²) in [5, 5.41) is 6.87. The third-order valence-corrected chi connectivity index (χ3v) is 5.60. The minimum Gasteiger partial charge on any atom is -0.324 e. The minimum atomic E-state index is -0.463. The lowest BCUT2D eigenvalue weighted by molar-refractivity contribution is 0.233. The summed E-state index contributed by atoms with van der Waals surface area (Å²) in [4.78, 5) is 18.4. The van der Waals surface area contributed by atoms with Gasteiger partial charge in [0.25, 0.3) is 0 Å². The lowest BCUT2D eigenvalue weighted by Gasteiger charge is -2.27. The quantitative estimate of drug-likeness (QED) is 0.438. The first kappa shape index (κ1) is 19.9. The number of hydrogen-bond acceptors (Lipinski definition) is 6. The van der Waals surface area contributed by atoms with Crippen LogP contribution in [0.5, 0.6) is 0 Å². The van der Waals surface area contributed by atoms with Gasteiger partial charge in [-0.1, -0.05) is 17.7 Å². The summed E-state index contributed by atoms with van der Waals surface area (Å²) in [5.41, 5.74) is 3.70. The second-order valence-corrected chi connectivity index (χ2v) is 7.90. The van der Waals surface area contributed by atoms with Crippen molar-refractivity contribution in [3.63, 3.8) is 0 Å². The van der Waals surface area contributed by atoms with Gasteiger partial charge < -0.3 is 15.6 Å². The number of aromatic amines is 1. The highest BCUT2D eigenvalue weighted by molar-refractivity contribution is 6.33. The molecule has 9 heteroatoms. The molecule has 158 valence electrons. The molecule has 1 fully saturated rings. The number of H-pyrrole nitrogens is 1. The topological polar surface area (TPSA) is 81.8 Å². The number of halogens is 2. The first-order valence-electron chi connectivity index (χ1n) is 10.1. The van der Waals surface area contributed by atoms with Gasteiger partial charge in [0.05, 0.1) is 22.3 Å². The number of imidazole rings is 1. The van der Waals surface area contributed by atoms with Gasteiger partial charge >= 0.3 is 0 Å². The van der Waals surface area contributed by atoms with Crippen molar-refractivity contribution < 1.29 is 4.39 Å². The number of anilines is 2. The largest absolute Gasteiger partial charge is 0.324 e. The molecule has 1 aliphatic rings. The zero-order valence-electron chi connectivity index (χ0n) is 16.7. The highest BCUT2D eigenvalue weighted by Gasteiger charge is 2.13. The van der Waals surface area contributed by atoms with Crippen LogP contribution in [0.3, 0.4) is 0 Å². The Kier molecular flexibility index (Phi) is 5.50. The van der Waals surface area contributed by atoms with Crippen molar-refractivity contribution in [2.45, 2.75) is 6.54 Å². The van der Waals surface area contributed by atoms with Gasteiger partial charge in [-0.25, -0.2) is 14.4 Å². The van der Waals surface area contributed by atoms with E-state index in [1.807, 2.05) is 24.3 Å². The highest BCUT2D eigenvalue weighted by atomic mass is 35.5. The lowest BCUT2D eigenvalue weighted by atomic mass is 10.1. The number of pyridine rings is 2. The molecule has 0 bridgehead atoms. The zero-order chi connectivity index (χ0) is 21.2. The van der Waals surface area contributed by atoms with Crippen molar-refractivity contribution in [1.82, 2.24) is 30.2 Å². The average molecular weight is 438 g/mol. The molecule has 3 aromatic heterocycles. The van der Waals surface area contributed by atoms with Crippen LogP contribution < -0.4 is 10.6 Å². The van der Waals surface area contributed by atoms with Crippen LogP contribution in [0.2, 0.25) is 5.02 Å². The number of rotatable bonds is 5. The Morgan fingerprint density at radius 2 is 2.00 bits per heavy atom. The number of piperazine rings is 1.